The molecule has 3 nitrogen and oxygen atoms in total. The van der Waals surface area contributed by atoms with Crippen molar-refractivity contribution in [1.82, 2.24) is 10.6 Å². The molecule has 0 saturated carbocycles. The van der Waals surface area contributed by atoms with Gasteiger partial charge in [0, 0.05) is 30.4 Å². The summed E-state index contributed by atoms with van der Waals surface area (Å²) >= 11 is 0. The van der Waals surface area contributed by atoms with Crippen LogP contribution in [0, 0.1) is 17.8 Å². The summed E-state index contributed by atoms with van der Waals surface area (Å²) in [6.07, 6.45) is 1.63. The lowest BCUT2D eigenvalue weighted by Gasteiger charge is -2.02. The van der Waals surface area contributed by atoms with E-state index in [0.717, 1.165) is 24.5 Å². The van der Waals surface area contributed by atoms with Crippen LogP contribution in [-0.2, 0) is 4.79 Å². The Bertz CT molecular complexity index is 274. The van der Waals surface area contributed by atoms with Gasteiger partial charge in [0.15, 0.2) is 0 Å². The molecule has 0 aromatic carbocycles. The van der Waals surface area contributed by atoms with Crippen LogP contribution in [0.25, 0.3) is 0 Å². The molecule has 0 rings (SSSR count). The lowest BCUT2D eigenvalue weighted by Crippen LogP contribution is -2.23. The van der Waals surface area contributed by atoms with E-state index in [4.69, 9.17) is 0 Å². The molecule has 0 aliphatic carbocycles. The van der Waals surface area contributed by atoms with Crippen LogP contribution in [0.1, 0.15) is 26.7 Å². The lowest BCUT2D eigenvalue weighted by atomic mass is 10.1. The largest absolute Gasteiger partial charge is 0.345 e. The molecule has 0 aromatic heterocycles. The zero-order valence-corrected chi connectivity index (χ0v) is 13.2. The minimum absolute atomic E-state index is 0.0927. The first-order valence-electron chi connectivity index (χ1n) is 6.34. The molecule has 0 fully saturated rings. The third-order valence-electron chi connectivity index (χ3n) is 2.27. The van der Waals surface area contributed by atoms with Crippen LogP contribution < -0.4 is 10.6 Å². The molecule has 2 N–H and O–H groups in total. The Labute approximate surface area is 119 Å². The first kappa shape index (κ1) is 17.7. The Morgan fingerprint density at radius 2 is 2.06 bits per heavy atom. The topological polar surface area (TPSA) is 41.1 Å². The van der Waals surface area contributed by atoms with E-state index >= 15 is 0 Å². The lowest BCUT2D eigenvalue weighted by molar-refractivity contribution is -0.120. The van der Waals surface area contributed by atoms with E-state index in [1.54, 1.807) is 21.6 Å². The summed E-state index contributed by atoms with van der Waals surface area (Å²) in [6, 6.07) is 0. The first-order valence-corrected chi connectivity index (χ1v) is 8.83. The van der Waals surface area contributed by atoms with E-state index in [1.807, 2.05) is 7.05 Å². The Morgan fingerprint density at radius 3 is 2.72 bits per heavy atom. The van der Waals surface area contributed by atoms with Gasteiger partial charge in [0.05, 0.1) is 6.54 Å². The fourth-order valence-corrected chi connectivity index (χ4v) is 2.95. The molecule has 1 amide bonds. The molecule has 1 atom stereocenters. The molecule has 0 aromatic rings. The summed E-state index contributed by atoms with van der Waals surface area (Å²) in [4.78, 5) is 11.4. The van der Waals surface area contributed by atoms with Crippen LogP contribution in [0.2, 0.25) is 0 Å². The second-order valence-corrected chi connectivity index (χ2v) is 6.61. The highest BCUT2D eigenvalue weighted by molar-refractivity contribution is 8.76. The molecule has 1 unspecified atom stereocenters. The number of amides is 1. The van der Waals surface area contributed by atoms with Crippen molar-refractivity contribution in [3.05, 3.63) is 0 Å². The van der Waals surface area contributed by atoms with E-state index < -0.39 is 0 Å². The molecule has 0 spiro atoms. The molecular formula is C13H24N2OS2. The highest BCUT2D eigenvalue weighted by atomic mass is 33.1. The Kier molecular flexibility index (Phi) is 12.9. The van der Waals surface area contributed by atoms with E-state index in [0.29, 0.717) is 18.9 Å². The van der Waals surface area contributed by atoms with Gasteiger partial charge in [-0.3, -0.25) is 4.79 Å². The Hall–Kier alpha value is -0.310. The van der Waals surface area contributed by atoms with Gasteiger partial charge in [-0.25, -0.2) is 0 Å². The van der Waals surface area contributed by atoms with Crippen molar-refractivity contribution in [2.75, 3.05) is 31.6 Å². The van der Waals surface area contributed by atoms with Crippen molar-refractivity contribution >= 4 is 27.5 Å². The first-order chi connectivity index (χ1) is 8.70. The van der Waals surface area contributed by atoms with Crippen molar-refractivity contribution in [1.29, 1.82) is 0 Å². The van der Waals surface area contributed by atoms with Crippen molar-refractivity contribution < 1.29 is 4.79 Å². The third-order valence-corrected chi connectivity index (χ3v) is 4.67. The normalized spacial score (nSPS) is 11.5. The summed E-state index contributed by atoms with van der Waals surface area (Å²) in [5.74, 6) is 8.52. The van der Waals surface area contributed by atoms with Crippen LogP contribution in [0.5, 0.6) is 0 Å². The number of hydrogen-bond acceptors (Lipinski definition) is 4. The number of rotatable bonds is 9. The second kappa shape index (κ2) is 13.1. The van der Waals surface area contributed by atoms with Crippen LogP contribution in [0.15, 0.2) is 0 Å². The predicted octanol–water partition coefficient (Wildman–Crippen LogP) is 2.14. The van der Waals surface area contributed by atoms with Crippen LogP contribution in [-0.4, -0.2) is 37.6 Å². The number of hydrogen-bond donors (Lipinski definition) is 2. The van der Waals surface area contributed by atoms with Crippen molar-refractivity contribution in [2.24, 2.45) is 5.92 Å². The summed E-state index contributed by atoms with van der Waals surface area (Å²) in [6.45, 7) is 5.69. The third kappa shape index (κ3) is 12.2. The SMILES string of the molecule is CCC(C)C#CCNC(=O)CCSSCCNC. The minimum atomic E-state index is 0.0927. The van der Waals surface area contributed by atoms with Gasteiger partial charge in [-0.1, -0.05) is 47.3 Å². The Morgan fingerprint density at radius 1 is 1.33 bits per heavy atom. The fourth-order valence-electron chi connectivity index (χ4n) is 0.954. The second-order valence-electron chi connectivity index (χ2n) is 3.90. The molecule has 0 aliphatic rings. The van der Waals surface area contributed by atoms with E-state index in [1.165, 1.54) is 0 Å². The zero-order chi connectivity index (χ0) is 13.6. The van der Waals surface area contributed by atoms with E-state index in [-0.39, 0.29) is 5.91 Å². The fraction of sp³-hybridized carbons (Fsp3) is 0.769. The van der Waals surface area contributed by atoms with Gasteiger partial charge < -0.3 is 10.6 Å². The zero-order valence-electron chi connectivity index (χ0n) is 11.5. The number of carbonyl (C=O) groups is 1. The average molecular weight is 288 g/mol. The summed E-state index contributed by atoms with van der Waals surface area (Å²) in [5, 5.41) is 5.90. The summed E-state index contributed by atoms with van der Waals surface area (Å²) in [5.41, 5.74) is 0. The van der Waals surface area contributed by atoms with Crippen molar-refractivity contribution in [3.8, 4) is 11.8 Å². The van der Waals surface area contributed by atoms with Gasteiger partial charge in [0.1, 0.15) is 0 Å². The van der Waals surface area contributed by atoms with Crippen LogP contribution >= 0.6 is 21.6 Å². The van der Waals surface area contributed by atoms with Gasteiger partial charge >= 0.3 is 0 Å². The van der Waals surface area contributed by atoms with Crippen LogP contribution in [0.3, 0.4) is 0 Å². The van der Waals surface area contributed by atoms with Gasteiger partial charge in [-0.15, -0.1) is 0 Å². The molecule has 0 heterocycles. The van der Waals surface area contributed by atoms with Gasteiger partial charge in [-0.2, -0.15) is 0 Å². The van der Waals surface area contributed by atoms with Gasteiger partial charge in [-0.05, 0) is 13.5 Å². The molecular weight excluding hydrogens is 264 g/mol. The molecule has 5 heteroatoms. The molecule has 104 valence electrons. The quantitative estimate of drug-likeness (QED) is 0.387. The highest BCUT2D eigenvalue weighted by Crippen LogP contribution is 2.20. The predicted molar refractivity (Wildman–Crippen MR) is 83.7 cm³/mol. The molecule has 0 bridgehead atoms. The molecule has 0 saturated heterocycles. The highest BCUT2D eigenvalue weighted by Gasteiger charge is 1.99. The monoisotopic (exact) mass is 288 g/mol. The van der Waals surface area contributed by atoms with Crippen molar-refractivity contribution in [2.45, 2.75) is 26.7 Å². The summed E-state index contributed by atoms with van der Waals surface area (Å²) < 4.78 is 0. The maximum absolute atomic E-state index is 11.4. The number of nitrogens with one attached hydrogen (secondary N) is 2. The molecule has 0 aliphatic heterocycles. The average Bonchev–Trinajstić information content (AvgIpc) is 2.38. The van der Waals surface area contributed by atoms with Gasteiger partial charge in [0.25, 0.3) is 0 Å². The summed E-state index contributed by atoms with van der Waals surface area (Å²) in [7, 11) is 5.49. The molecule has 0 radical (unpaired) electrons. The van der Waals surface area contributed by atoms with Crippen molar-refractivity contribution in [3.63, 3.8) is 0 Å². The Balaban J connectivity index is 3.39. The maximum atomic E-state index is 11.4. The van der Waals surface area contributed by atoms with Crippen LogP contribution in [0.4, 0.5) is 0 Å². The smallest absolute Gasteiger partial charge is 0.221 e. The molecule has 18 heavy (non-hydrogen) atoms. The van der Waals surface area contributed by atoms with E-state index in [9.17, 15) is 4.79 Å². The number of carbonyl (C=O) groups excluding carboxylic acids is 1. The minimum Gasteiger partial charge on any atom is -0.345 e. The standard InChI is InChI=1S/C13H24N2OS2/c1-4-12(2)6-5-8-15-13(16)7-10-17-18-11-9-14-3/h12,14H,4,7-11H2,1-3H3,(H,15,16). The van der Waals surface area contributed by atoms with Gasteiger partial charge in [0.2, 0.25) is 5.91 Å². The van der Waals surface area contributed by atoms with E-state index in [2.05, 4.69) is 36.3 Å². The maximum Gasteiger partial charge on any atom is 0.221 e.